The summed E-state index contributed by atoms with van der Waals surface area (Å²) < 4.78 is 0. The third-order valence-electron chi connectivity index (χ3n) is 3.82. The molecule has 0 saturated carbocycles. The van der Waals surface area contributed by atoms with Gasteiger partial charge in [-0.25, -0.2) is 0 Å². The summed E-state index contributed by atoms with van der Waals surface area (Å²) in [5.74, 6) is 0.549. The van der Waals surface area contributed by atoms with E-state index in [4.69, 9.17) is 0 Å². The highest BCUT2D eigenvalue weighted by Crippen LogP contribution is 2.31. The van der Waals surface area contributed by atoms with Gasteiger partial charge in [0.1, 0.15) is 0 Å². The normalized spacial score (nSPS) is 20.8. The zero-order valence-corrected chi connectivity index (χ0v) is 11.1. The van der Waals surface area contributed by atoms with Crippen LogP contribution in [0.15, 0.2) is 59.2 Å². The molecule has 1 unspecified atom stereocenters. The van der Waals surface area contributed by atoms with Crippen molar-refractivity contribution in [3.8, 4) is 0 Å². The van der Waals surface area contributed by atoms with Gasteiger partial charge < -0.3 is 0 Å². The fourth-order valence-electron chi connectivity index (χ4n) is 2.24. The van der Waals surface area contributed by atoms with Crippen molar-refractivity contribution in [1.82, 2.24) is 0 Å². The van der Waals surface area contributed by atoms with E-state index in [-0.39, 0.29) is 0 Å². The van der Waals surface area contributed by atoms with Crippen LogP contribution in [-0.2, 0) is 0 Å². The van der Waals surface area contributed by atoms with Gasteiger partial charge in [0.25, 0.3) is 0 Å². The summed E-state index contributed by atoms with van der Waals surface area (Å²) in [5, 5.41) is 0. The molecule has 1 aliphatic carbocycles. The van der Waals surface area contributed by atoms with Crippen LogP contribution in [0.25, 0.3) is 5.57 Å². The zero-order chi connectivity index (χ0) is 12.4. The molecule has 0 fully saturated rings. The highest BCUT2D eigenvalue weighted by atomic mass is 14.2. The highest BCUT2D eigenvalue weighted by Gasteiger charge is 2.13. The van der Waals surface area contributed by atoms with Gasteiger partial charge in [0.15, 0.2) is 0 Å². The Balaban J connectivity index is 2.52. The predicted molar refractivity (Wildman–Crippen MR) is 75.7 cm³/mol. The second-order valence-electron chi connectivity index (χ2n) is 4.94. The molecular formula is C17H20. The van der Waals surface area contributed by atoms with E-state index in [1.54, 1.807) is 0 Å². The van der Waals surface area contributed by atoms with Crippen molar-refractivity contribution in [2.24, 2.45) is 5.92 Å². The second kappa shape index (κ2) is 4.75. The summed E-state index contributed by atoms with van der Waals surface area (Å²) in [6.45, 7) is 8.96. The van der Waals surface area contributed by atoms with E-state index >= 15 is 0 Å². The monoisotopic (exact) mass is 224 g/mol. The molecule has 1 aromatic rings. The lowest BCUT2D eigenvalue weighted by molar-refractivity contribution is 0.794. The molecule has 0 radical (unpaired) electrons. The number of hydrogen-bond donors (Lipinski definition) is 0. The number of rotatable bonds is 1. The Hall–Kier alpha value is -1.56. The first-order valence-corrected chi connectivity index (χ1v) is 6.22. The first-order chi connectivity index (χ1) is 8.09. The molecule has 0 aliphatic heterocycles. The van der Waals surface area contributed by atoms with Crippen LogP contribution in [0.1, 0.15) is 33.3 Å². The standard InChI is InChI=1S/C17H20/c1-12-10-17(16-8-6-5-7-9-16)11-13(2)15(4)14(12)3/h5-11,14H,1-4H3. The maximum atomic E-state index is 2.32. The molecule has 0 bridgehead atoms. The number of hydrogen-bond acceptors (Lipinski definition) is 0. The summed E-state index contributed by atoms with van der Waals surface area (Å²) in [6, 6.07) is 10.6. The third-order valence-corrected chi connectivity index (χ3v) is 3.82. The Morgan fingerprint density at radius 3 is 2.18 bits per heavy atom. The van der Waals surface area contributed by atoms with Crippen molar-refractivity contribution in [3.63, 3.8) is 0 Å². The second-order valence-corrected chi connectivity index (χ2v) is 4.94. The minimum absolute atomic E-state index is 0.549. The SMILES string of the molecule is CC1=CC(c2ccccc2)=CC(C)=C(C)C1C. The first kappa shape index (κ1) is 11.9. The molecule has 1 aliphatic rings. The van der Waals surface area contributed by atoms with Gasteiger partial charge in [-0.2, -0.15) is 0 Å². The van der Waals surface area contributed by atoms with Crippen LogP contribution in [-0.4, -0.2) is 0 Å². The molecule has 17 heavy (non-hydrogen) atoms. The summed E-state index contributed by atoms with van der Waals surface area (Å²) >= 11 is 0. The fourth-order valence-corrected chi connectivity index (χ4v) is 2.24. The molecule has 0 amide bonds. The van der Waals surface area contributed by atoms with Gasteiger partial charge in [-0.05, 0) is 37.8 Å². The van der Waals surface area contributed by atoms with Crippen molar-refractivity contribution in [3.05, 3.63) is 64.8 Å². The predicted octanol–water partition coefficient (Wildman–Crippen LogP) is 5.00. The molecule has 2 rings (SSSR count). The molecule has 1 atom stereocenters. The summed E-state index contributed by atoms with van der Waals surface area (Å²) in [7, 11) is 0. The quantitative estimate of drug-likeness (QED) is 0.629. The third kappa shape index (κ3) is 2.41. The van der Waals surface area contributed by atoms with Crippen LogP contribution in [0.2, 0.25) is 0 Å². The molecule has 1 aromatic carbocycles. The van der Waals surface area contributed by atoms with Crippen molar-refractivity contribution in [2.45, 2.75) is 27.7 Å². The van der Waals surface area contributed by atoms with E-state index in [0.717, 1.165) is 0 Å². The summed E-state index contributed by atoms with van der Waals surface area (Å²) in [4.78, 5) is 0. The average molecular weight is 224 g/mol. The van der Waals surface area contributed by atoms with Crippen molar-refractivity contribution in [1.29, 1.82) is 0 Å². The fraction of sp³-hybridized carbons (Fsp3) is 0.294. The topological polar surface area (TPSA) is 0 Å². The van der Waals surface area contributed by atoms with Crippen LogP contribution in [0.5, 0.6) is 0 Å². The van der Waals surface area contributed by atoms with E-state index in [9.17, 15) is 0 Å². The van der Waals surface area contributed by atoms with Gasteiger partial charge in [-0.1, -0.05) is 66.1 Å². The molecule has 0 saturated heterocycles. The molecule has 0 spiro atoms. The van der Waals surface area contributed by atoms with Gasteiger partial charge >= 0.3 is 0 Å². The molecular weight excluding hydrogens is 204 g/mol. The molecule has 0 N–H and O–H groups in total. The molecule has 0 nitrogen and oxygen atoms in total. The number of allylic oxidation sites excluding steroid dienone is 6. The Kier molecular flexibility index (Phi) is 3.33. The van der Waals surface area contributed by atoms with Gasteiger partial charge in [0.2, 0.25) is 0 Å². The van der Waals surface area contributed by atoms with Gasteiger partial charge in [-0.3, -0.25) is 0 Å². The lowest BCUT2D eigenvalue weighted by Gasteiger charge is -2.12. The van der Waals surface area contributed by atoms with Gasteiger partial charge in [0.05, 0.1) is 0 Å². The zero-order valence-electron chi connectivity index (χ0n) is 11.1. The van der Waals surface area contributed by atoms with Crippen LogP contribution in [0, 0.1) is 5.92 Å². The van der Waals surface area contributed by atoms with E-state index in [2.05, 4.69) is 70.2 Å². The largest absolute Gasteiger partial charge is 0.0658 e. The Labute approximate surface area is 104 Å². The minimum atomic E-state index is 0.549. The molecule has 88 valence electrons. The van der Waals surface area contributed by atoms with Crippen molar-refractivity contribution >= 4 is 5.57 Å². The minimum Gasteiger partial charge on any atom is -0.0658 e. The molecule has 0 heterocycles. The van der Waals surface area contributed by atoms with Crippen LogP contribution < -0.4 is 0 Å². The number of benzene rings is 1. The maximum absolute atomic E-state index is 2.32. The Bertz CT molecular complexity index is 498. The highest BCUT2D eigenvalue weighted by molar-refractivity contribution is 5.77. The maximum Gasteiger partial charge on any atom is -0.00179 e. The molecule has 0 heteroatoms. The average Bonchev–Trinajstić information content (AvgIpc) is 2.44. The van der Waals surface area contributed by atoms with E-state index in [1.165, 1.54) is 27.9 Å². The molecule has 0 aromatic heterocycles. The van der Waals surface area contributed by atoms with E-state index < -0.39 is 0 Å². The lowest BCUT2D eigenvalue weighted by atomic mass is 9.93. The van der Waals surface area contributed by atoms with Crippen molar-refractivity contribution in [2.75, 3.05) is 0 Å². The van der Waals surface area contributed by atoms with Crippen LogP contribution in [0.3, 0.4) is 0 Å². The Morgan fingerprint density at radius 1 is 0.882 bits per heavy atom. The van der Waals surface area contributed by atoms with Gasteiger partial charge in [0, 0.05) is 0 Å². The first-order valence-electron chi connectivity index (χ1n) is 6.22. The Morgan fingerprint density at radius 2 is 1.53 bits per heavy atom. The summed E-state index contributed by atoms with van der Waals surface area (Å²) in [5.41, 5.74) is 6.93. The summed E-state index contributed by atoms with van der Waals surface area (Å²) in [6.07, 6.45) is 4.62. The smallest absolute Gasteiger partial charge is 0.00179 e. The van der Waals surface area contributed by atoms with E-state index in [0.29, 0.717) is 5.92 Å². The van der Waals surface area contributed by atoms with Crippen LogP contribution in [0.4, 0.5) is 0 Å². The van der Waals surface area contributed by atoms with E-state index in [1.807, 2.05) is 0 Å². The van der Waals surface area contributed by atoms with Gasteiger partial charge in [-0.15, -0.1) is 0 Å². The van der Waals surface area contributed by atoms with Crippen molar-refractivity contribution < 1.29 is 0 Å². The van der Waals surface area contributed by atoms with Crippen LogP contribution >= 0.6 is 0 Å². The lowest BCUT2D eigenvalue weighted by Crippen LogP contribution is -1.98.